The van der Waals surface area contributed by atoms with Crippen LogP contribution in [0.2, 0.25) is 0 Å². The topological polar surface area (TPSA) is 37.8 Å². The summed E-state index contributed by atoms with van der Waals surface area (Å²) < 4.78 is 1.55. The maximum Gasteiger partial charge on any atom is 0.271 e. The van der Waals surface area contributed by atoms with Gasteiger partial charge in [0.25, 0.3) is 5.56 Å². The van der Waals surface area contributed by atoms with Gasteiger partial charge in [-0.15, -0.1) is 0 Å². The Morgan fingerprint density at radius 2 is 1.93 bits per heavy atom. The molecule has 0 spiro atoms. The van der Waals surface area contributed by atoms with Gasteiger partial charge >= 0.3 is 0 Å². The molecule has 1 aromatic carbocycles. The van der Waals surface area contributed by atoms with E-state index < -0.39 is 0 Å². The number of aryl methyl sites for hydroxylation is 2. The molecule has 0 fully saturated rings. The molecule has 0 aliphatic heterocycles. The molecule has 78 valence electrons. The smallest absolute Gasteiger partial charge is 0.271 e. The molecular formula is C12H14N2O. The number of benzene rings is 1. The van der Waals surface area contributed by atoms with Gasteiger partial charge in [-0.25, -0.2) is 4.68 Å². The van der Waals surface area contributed by atoms with Gasteiger partial charge in [0, 0.05) is 11.8 Å². The number of H-pyrrole nitrogens is 1. The van der Waals surface area contributed by atoms with E-state index in [0.29, 0.717) is 0 Å². The average molecular weight is 202 g/mol. The monoisotopic (exact) mass is 202 g/mol. The number of nitrogens with one attached hydrogen (secondary N) is 1. The fourth-order valence-corrected chi connectivity index (χ4v) is 1.59. The molecule has 0 radical (unpaired) electrons. The first kappa shape index (κ1) is 9.77. The van der Waals surface area contributed by atoms with Gasteiger partial charge in [-0.3, -0.25) is 9.89 Å². The van der Waals surface area contributed by atoms with Crippen LogP contribution >= 0.6 is 0 Å². The quantitative estimate of drug-likeness (QED) is 0.795. The van der Waals surface area contributed by atoms with Gasteiger partial charge in [-0.2, -0.15) is 0 Å². The van der Waals surface area contributed by atoms with Crippen molar-refractivity contribution in [3.63, 3.8) is 0 Å². The Kier molecular flexibility index (Phi) is 2.46. The van der Waals surface area contributed by atoms with Gasteiger partial charge < -0.3 is 0 Å². The highest BCUT2D eigenvalue weighted by Crippen LogP contribution is 2.07. The molecular weight excluding hydrogens is 188 g/mol. The number of hydrogen-bond donors (Lipinski definition) is 1. The second kappa shape index (κ2) is 3.77. The third kappa shape index (κ3) is 1.86. The standard InChI is InChI=1S/C12H14N2O/c1-3-10-4-6-11(7-5-10)14-12(15)8-9(2)13-14/h4-8,13H,3H2,1-2H3. The summed E-state index contributed by atoms with van der Waals surface area (Å²) in [5.41, 5.74) is 3.01. The van der Waals surface area contributed by atoms with Crippen molar-refractivity contribution < 1.29 is 0 Å². The minimum Gasteiger partial charge on any atom is -0.295 e. The zero-order valence-electron chi connectivity index (χ0n) is 8.95. The molecule has 3 nitrogen and oxygen atoms in total. The number of aromatic nitrogens is 2. The molecule has 0 atom stereocenters. The van der Waals surface area contributed by atoms with Crippen LogP contribution in [0.1, 0.15) is 18.2 Å². The Morgan fingerprint density at radius 3 is 2.40 bits per heavy atom. The minimum atomic E-state index is -0.0169. The van der Waals surface area contributed by atoms with E-state index in [1.54, 1.807) is 10.7 Å². The summed E-state index contributed by atoms with van der Waals surface area (Å²) in [5, 5.41) is 3.00. The third-order valence-electron chi connectivity index (χ3n) is 2.45. The molecule has 2 aromatic rings. The van der Waals surface area contributed by atoms with E-state index in [-0.39, 0.29) is 5.56 Å². The molecule has 0 aliphatic rings. The van der Waals surface area contributed by atoms with Crippen LogP contribution in [0, 0.1) is 6.92 Å². The lowest BCUT2D eigenvalue weighted by molar-refractivity contribution is 0.834. The molecule has 15 heavy (non-hydrogen) atoms. The molecule has 1 aromatic heterocycles. The average Bonchev–Trinajstić information content (AvgIpc) is 2.58. The largest absolute Gasteiger partial charge is 0.295 e. The lowest BCUT2D eigenvalue weighted by atomic mass is 10.1. The Balaban J connectivity index is 2.45. The van der Waals surface area contributed by atoms with Crippen LogP contribution in [0.25, 0.3) is 5.69 Å². The molecule has 0 saturated heterocycles. The summed E-state index contributed by atoms with van der Waals surface area (Å²) in [6.07, 6.45) is 1.01. The van der Waals surface area contributed by atoms with Gasteiger partial charge in [0.15, 0.2) is 0 Å². The summed E-state index contributed by atoms with van der Waals surface area (Å²) in [7, 11) is 0. The maximum atomic E-state index is 11.5. The highest BCUT2D eigenvalue weighted by molar-refractivity contribution is 5.34. The molecule has 0 amide bonds. The van der Waals surface area contributed by atoms with E-state index in [2.05, 4.69) is 12.0 Å². The van der Waals surface area contributed by atoms with Crippen LogP contribution in [-0.4, -0.2) is 9.78 Å². The molecule has 2 rings (SSSR count). The first-order valence-corrected chi connectivity index (χ1v) is 5.08. The zero-order valence-corrected chi connectivity index (χ0v) is 8.95. The van der Waals surface area contributed by atoms with Gasteiger partial charge in [0.1, 0.15) is 0 Å². The van der Waals surface area contributed by atoms with Crippen molar-refractivity contribution in [1.29, 1.82) is 0 Å². The molecule has 1 heterocycles. The predicted octanol–water partition coefficient (Wildman–Crippen LogP) is 2.04. The number of aromatic amines is 1. The van der Waals surface area contributed by atoms with Crippen LogP contribution < -0.4 is 5.56 Å². The SMILES string of the molecule is CCc1ccc(-n2[nH]c(C)cc2=O)cc1. The summed E-state index contributed by atoms with van der Waals surface area (Å²) in [5.74, 6) is 0. The Hall–Kier alpha value is -1.77. The van der Waals surface area contributed by atoms with Crippen molar-refractivity contribution in [3.05, 3.63) is 51.9 Å². The normalized spacial score (nSPS) is 10.5. The van der Waals surface area contributed by atoms with E-state index >= 15 is 0 Å². The van der Waals surface area contributed by atoms with E-state index in [1.807, 2.05) is 31.2 Å². The second-order valence-corrected chi connectivity index (χ2v) is 3.63. The molecule has 3 heteroatoms. The summed E-state index contributed by atoms with van der Waals surface area (Å²) >= 11 is 0. The van der Waals surface area contributed by atoms with Crippen LogP contribution in [0.4, 0.5) is 0 Å². The van der Waals surface area contributed by atoms with Crippen molar-refractivity contribution in [1.82, 2.24) is 9.78 Å². The first-order chi connectivity index (χ1) is 7.20. The van der Waals surface area contributed by atoms with E-state index in [1.165, 1.54) is 5.56 Å². The maximum absolute atomic E-state index is 11.5. The Bertz CT molecular complexity index is 505. The predicted molar refractivity (Wildman–Crippen MR) is 60.5 cm³/mol. The fourth-order valence-electron chi connectivity index (χ4n) is 1.59. The lowest BCUT2D eigenvalue weighted by Crippen LogP contribution is -2.13. The van der Waals surface area contributed by atoms with Gasteiger partial charge in [0.05, 0.1) is 5.69 Å². The Morgan fingerprint density at radius 1 is 1.27 bits per heavy atom. The number of nitrogens with zero attached hydrogens (tertiary/aromatic N) is 1. The van der Waals surface area contributed by atoms with Gasteiger partial charge in [-0.1, -0.05) is 19.1 Å². The molecule has 1 N–H and O–H groups in total. The van der Waals surface area contributed by atoms with Crippen LogP contribution in [0.15, 0.2) is 35.1 Å². The first-order valence-electron chi connectivity index (χ1n) is 5.08. The van der Waals surface area contributed by atoms with E-state index in [4.69, 9.17) is 0 Å². The molecule has 0 saturated carbocycles. The van der Waals surface area contributed by atoms with Crippen molar-refractivity contribution in [2.45, 2.75) is 20.3 Å². The van der Waals surface area contributed by atoms with Crippen molar-refractivity contribution in [2.75, 3.05) is 0 Å². The molecule has 0 bridgehead atoms. The van der Waals surface area contributed by atoms with E-state index in [0.717, 1.165) is 17.8 Å². The fraction of sp³-hybridized carbons (Fsp3) is 0.250. The summed E-state index contributed by atoms with van der Waals surface area (Å²) in [4.78, 5) is 11.5. The highest BCUT2D eigenvalue weighted by Gasteiger charge is 2.01. The van der Waals surface area contributed by atoms with Crippen molar-refractivity contribution >= 4 is 0 Å². The molecule has 0 unspecified atom stereocenters. The van der Waals surface area contributed by atoms with Crippen molar-refractivity contribution in [3.8, 4) is 5.69 Å². The summed E-state index contributed by atoms with van der Waals surface area (Å²) in [6.45, 7) is 3.98. The Labute approximate surface area is 88.4 Å². The summed E-state index contributed by atoms with van der Waals surface area (Å²) in [6, 6.07) is 9.58. The van der Waals surface area contributed by atoms with Gasteiger partial charge in [-0.05, 0) is 31.0 Å². The lowest BCUT2D eigenvalue weighted by Gasteiger charge is -2.02. The highest BCUT2D eigenvalue weighted by atomic mass is 16.1. The van der Waals surface area contributed by atoms with Gasteiger partial charge in [0.2, 0.25) is 0 Å². The molecule has 0 aliphatic carbocycles. The second-order valence-electron chi connectivity index (χ2n) is 3.63. The van der Waals surface area contributed by atoms with Crippen LogP contribution in [0.3, 0.4) is 0 Å². The van der Waals surface area contributed by atoms with E-state index in [9.17, 15) is 4.79 Å². The number of hydrogen-bond acceptors (Lipinski definition) is 1. The van der Waals surface area contributed by atoms with Crippen molar-refractivity contribution in [2.24, 2.45) is 0 Å². The number of rotatable bonds is 2. The van der Waals surface area contributed by atoms with Crippen LogP contribution in [0.5, 0.6) is 0 Å². The van der Waals surface area contributed by atoms with Crippen LogP contribution in [-0.2, 0) is 6.42 Å². The zero-order chi connectivity index (χ0) is 10.8. The third-order valence-corrected chi connectivity index (χ3v) is 2.45. The minimum absolute atomic E-state index is 0.0169.